The fourth-order valence-corrected chi connectivity index (χ4v) is 6.57. The Bertz CT molecular complexity index is 1980. The number of benzene rings is 3. The molecule has 0 unspecified atom stereocenters. The third-order valence-corrected chi connectivity index (χ3v) is 9.46. The van der Waals surface area contributed by atoms with Crippen LogP contribution in [0.15, 0.2) is 77.0 Å². The fraction of sp³-hybridized carbons (Fsp3) is 0.219. The van der Waals surface area contributed by atoms with Gasteiger partial charge in [-0.2, -0.15) is 5.10 Å². The molecule has 0 amide bonds. The van der Waals surface area contributed by atoms with Gasteiger partial charge in [0.25, 0.3) is 0 Å². The molecule has 6 rings (SSSR count). The van der Waals surface area contributed by atoms with Gasteiger partial charge in [0.1, 0.15) is 10.7 Å². The second kappa shape index (κ2) is 11.6. The molecule has 0 radical (unpaired) electrons. The summed E-state index contributed by atoms with van der Waals surface area (Å²) in [6.07, 6.45) is 3.08. The number of rotatable bonds is 10. The molecule has 9 nitrogen and oxygen atoms in total. The lowest BCUT2D eigenvalue weighted by Gasteiger charge is -2.13. The molecule has 0 spiro atoms. The lowest BCUT2D eigenvalue weighted by molar-refractivity contribution is 0.0691. The molecule has 1 aliphatic carbocycles. The number of nitrogens with zero attached hydrogens (tertiary/aromatic N) is 4. The van der Waals surface area contributed by atoms with E-state index in [1.165, 1.54) is 28.8 Å². The number of primary sulfonamides is 1. The Labute approximate surface area is 258 Å². The van der Waals surface area contributed by atoms with E-state index in [1.807, 2.05) is 37.2 Å². The van der Waals surface area contributed by atoms with Crippen LogP contribution in [0.5, 0.6) is 0 Å². The second-order valence-electron chi connectivity index (χ2n) is 11.2. The van der Waals surface area contributed by atoms with Crippen molar-refractivity contribution in [2.45, 2.75) is 30.6 Å². The highest BCUT2D eigenvalue weighted by molar-refractivity contribution is 7.89. The molecule has 0 saturated heterocycles. The normalized spacial score (nSPS) is 13.3. The predicted octanol–water partition coefficient (Wildman–Crippen LogP) is 5.76. The molecule has 2 aromatic heterocycles. The molecule has 226 valence electrons. The fourth-order valence-electron chi connectivity index (χ4n) is 5.21. The van der Waals surface area contributed by atoms with Crippen molar-refractivity contribution in [2.24, 2.45) is 11.1 Å². The summed E-state index contributed by atoms with van der Waals surface area (Å²) in [7, 11) is -0.236. The van der Waals surface area contributed by atoms with Crippen molar-refractivity contribution in [3.05, 3.63) is 100 Å². The number of carboxylic acids is 1. The van der Waals surface area contributed by atoms with Crippen molar-refractivity contribution in [3.8, 4) is 27.5 Å². The Kier molecular flexibility index (Phi) is 7.82. The summed E-state index contributed by atoms with van der Waals surface area (Å²) in [5, 5.41) is 21.6. The second-order valence-corrected chi connectivity index (χ2v) is 13.5. The number of hydrogen-bond acceptors (Lipinski definition) is 7. The number of sulfonamides is 1. The number of hydrogen-bond donors (Lipinski definition) is 2. The van der Waals surface area contributed by atoms with E-state index in [-0.39, 0.29) is 12.1 Å². The number of aromatic nitrogens is 3. The summed E-state index contributed by atoms with van der Waals surface area (Å²) in [5.74, 6) is -1.60. The van der Waals surface area contributed by atoms with Crippen LogP contribution >= 0.6 is 11.3 Å². The van der Waals surface area contributed by atoms with Gasteiger partial charge in [0.15, 0.2) is 5.69 Å². The highest BCUT2D eigenvalue weighted by Gasteiger charge is 2.29. The highest BCUT2D eigenvalue weighted by Crippen LogP contribution is 2.39. The first kappa shape index (κ1) is 29.7. The molecule has 0 bridgehead atoms. The summed E-state index contributed by atoms with van der Waals surface area (Å²) in [5.41, 5.74) is 6.79. The van der Waals surface area contributed by atoms with Gasteiger partial charge >= 0.3 is 5.97 Å². The summed E-state index contributed by atoms with van der Waals surface area (Å²) < 4.78 is 40.3. The maximum atomic E-state index is 14.9. The number of aromatic carboxylic acids is 1. The molecule has 1 saturated carbocycles. The van der Waals surface area contributed by atoms with Gasteiger partial charge in [0.05, 0.1) is 11.4 Å². The molecule has 1 fully saturated rings. The van der Waals surface area contributed by atoms with E-state index >= 15 is 0 Å². The van der Waals surface area contributed by atoms with Crippen molar-refractivity contribution < 1.29 is 22.7 Å². The van der Waals surface area contributed by atoms with Gasteiger partial charge in [-0.15, -0.1) is 11.3 Å². The third-order valence-electron chi connectivity index (χ3n) is 7.70. The number of halogens is 1. The zero-order valence-electron chi connectivity index (χ0n) is 24.1. The van der Waals surface area contributed by atoms with Gasteiger partial charge in [-0.25, -0.2) is 32.4 Å². The SMILES string of the molecule is CN(C)c1ccc(-c2cccc(-c3nn(-c4nc(C(=O)O)cs4)c(CC4CC4)c3Cc3ccc(S(N)(=O)=O)c(F)c3)c2)cc1. The number of nitrogens with two attached hydrogens (primary N) is 1. The monoisotopic (exact) mass is 631 g/mol. The van der Waals surface area contributed by atoms with Gasteiger partial charge in [-0.05, 0) is 72.2 Å². The van der Waals surface area contributed by atoms with E-state index in [2.05, 4.69) is 35.3 Å². The van der Waals surface area contributed by atoms with E-state index in [0.717, 1.165) is 46.5 Å². The van der Waals surface area contributed by atoms with Crippen molar-refractivity contribution in [2.75, 3.05) is 19.0 Å². The quantitative estimate of drug-likeness (QED) is 0.200. The number of anilines is 1. The summed E-state index contributed by atoms with van der Waals surface area (Å²) in [6, 6.07) is 20.2. The van der Waals surface area contributed by atoms with Gasteiger partial charge < -0.3 is 10.0 Å². The van der Waals surface area contributed by atoms with Crippen LogP contribution in [0.25, 0.3) is 27.5 Å². The van der Waals surface area contributed by atoms with Crippen molar-refractivity contribution in [1.29, 1.82) is 0 Å². The summed E-state index contributed by atoms with van der Waals surface area (Å²) in [4.78, 5) is 17.4. The Morgan fingerprint density at radius 3 is 2.41 bits per heavy atom. The van der Waals surface area contributed by atoms with Crippen LogP contribution in [0.1, 0.15) is 40.2 Å². The number of carbonyl (C=O) groups is 1. The van der Waals surface area contributed by atoms with E-state index in [0.29, 0.717) is 28.7 Å². The lowest BCUT2D eigenvalue weighted by atomic mass is 9.95. The minimum absolute atomic E-state index is 0.0650. The summed E-state index contributed by atoms with van der Waals surface area (Å²) >= 11 is 1.19. The minimum Gasteiger partial charge on any atom is -0.476 e. The van der Waals surface area contributed by atoms with E-state index < -0.39 is 26.7 Å². The zero-order valence-corrected chi connectivity index (χ0v) is 25.7. The molecular formula is C32H30FN5O4S2. The standard InChI is InChI=1S/C32H30FN5O4S2/c1-37(2)24-11-9-21(10-12-24)22-4-3-5-23(17-22)30-25(14-20-8-13-29(26(33)15-20)44(34,41)42)28(16-19-6-7-19)38(36-30)32-35-27(18-43-32)31(39)40/h3-5,8-13,15,17-19H,6-7,14,16H2,1-2H3,(H,39,40)(H2,34,41,42). The lowest BCUT2D eigenvalue weighted by Crippen LogP contribution is -2.14. The summed E-state index contributed by atoms with van der Waals surface area (Å²) in [6.45, 7) is 0. The van der Waals surface area contributed by atoms with E-state index in [1.54, 1.807) is 10.7 Å². The predicted molar refractivity (Wildman–Crippen MR) is 168 cm³/mol. The molecule has 44 heavy (non-hydrogen) atoms. The third kappa shape index (κ3) is 6.14. The Hall–Kier alpha value is -4.39. The Balaban J connectivity index is 1.50. The molecule has 0 atom stereocenters. The average Bonchev–Trinajstić information content (AvgIpc) is 3.54. The van der Waals surface area contributed by atoms with Crippen LogP contribution in [0, 0.1) is 11.7 Å². The van der Waals surface area contributed by atoms with Crippen LogP contribution in [0.3, 0.4) is 0 Å². The first-order valence-electron chi connectivity index (χ1n) is 14.0. The largest absolute Gasteiger partial charge is 0.476 e. The first-order valence-corrected chi connectivity index (χ1v) is 16.4. The molecule has 0 aliphatic heterocycles. The smallest absolute Gasteiger partial charge is 0.355 e. The van der Waals surface area contributed by atoms with Gasteiger partial charge in [0, 0.05) is 42.7 Å². The molecule has 2 heterocycles. The van der Waals surface area contributed by atoms with Gasteiger partial charge in [-0.3, -0.25) is 0 Å². The van der Waals surface area contributed by atoms with E-state index in [9.17, 15) is 22.7 Å². The first-order chi connectivity index (χ1) is 21.0. The molecule has 1 aliphatic rings. The van der Waals surface area contributed by atoms with Crippen LogP contribution in [0.2, 0.25) is 0 Å². The molecule has 3 aromatic carbocycles. The van der Waals surface area contributed by atoms with Crippen LogP contribution in [-0.4, -0.2) is 48.4 Å². The Morgan fingerprint density at radius 2 is 1.80 bits per heavy atom. The van der Waals surface area contributed by atoms with E-state index in [4.69, 9.17) is 10.2 Å². The average molecular weight is 632 g/mol. The van der Waals surface area contributed by atoms with Crippen molar-refractivity contribution >= 4 is 33.0 Å². The maximum Gasteiger partial charge on any atom is 0.355 e. The molecular weight excluding hydrogens is 602 g/mol. The van der Waals surface area contributed by atoms with Crippen molar-refractivity contribution in [1.82, 2.24) is 14.8 Å². The van der Waals surface area contributed by atoms with Crippen LogP contribution in [-0.2, 0) is 22.9 Å². The number of carboxylic acid groups (broad SMARTS) is 1. The molecule has 3 N–H and O–H groups in total. The van der Waals surface area contributed by atoms with Gasteiger partial charge in [-0.1, -0.05) is 36.4 Å². The molecule has 5 aromatic rings. The van der Waals surface area contributed by atoms with Crippen LogP contribution < -0.4 is 10.0 Å². The number of thiazole rings is 1. The zero-order chi connectivity index (χ0) is 31.2. The molecule has 12 heteroatoms. The minimum atomic E-state index is -4.21. The van der Waals surface area contributed by atoms with Crippen LogP contribution in [0.4, 0.5) is 10.1 Å². The highest BCUT2D eigenvalue weighted by atomic mass is 32.2. The van der Waals surface area contributed by atoms with Crippen molar-refractivity contribution in [3.63, 3.8) is 0 Å². The maximum absolute atomic E-state index is 14.9. The van der Waals surface area contributed by atoms with Gasteiger partial charge in [0.2, 0.25) is 15.2 Å². The topological polar surface area (TPSA) is 131 Å². The Morgan fingerprint density at radius 1 is 1.07 bits per heavy atom.